The molecule has 0 aromatic heterocycles. The number of ether oxygens (including phenoxy) is 2. The number of aliphatic imine (C=N–C) groups is 1. The lowest BCUT2D eigenvalue weighted by atomic mass is 10.1. The number of nitrogens with two attached hydrogens (primary N) is 1. The molecule has 2 aromatic carbocycles. The number of nitrogens with one attached hydrogen (secondary N) is 1. The first kappa shape index (κ1) is 24.0. The lowest BCUT2D eigenvalue weighted by Crippen LogP contribution is -2.29. The zero-order valence-corrected chi connectivity index (χ0v) is 19.4. The van der Waals surface area contributed by atoms with Gasteiger partial charge in [-0.2, -0.15) is 5.26 Å². The third-order valence-electron chi connectivity index (χ3n) is 4.81. The summed E-state index contributed by atoms with van der Waals surface area (Å²) in [6, 6.07) is 14.3. The molecule has 0 unspecified atom stereocenters. The summed E-state index contributed by atoms with van der Waals surface area (Å²) in [6.07, 6.45) is 0. The van der Waals surface area contributed by atoms with Gasteiger partial charge in [0.05, 0.1) is 23.9 Å². The first-order chi connectivity index (χ1) is 15.8. The fourth-order valence-corrected chi connectivity index (χ4v) is 4.28. The predicted octanol–water partition coefficient (Wildman–Crippen LogP) is 3.36. The fraction of sp³-hybridized carbons (Fsp3) is 0.250. The Bertz CT molecular complexity index is 1180. The molecule has 0 bridgehead atoms. The predicted molar refractivity (Wildman–Crippen MR) is 128 cm³/mol. The van der Waals surface area contributed by atoms with Gasteiger partial charge in [0.25, 0.3) is 0 Å². The van der Waals surface area contributed by atoms with Crippen LogP contribution in [0.3, 0.4) is 0 Å². The molecule has 0 radical (unpaired) electrons. The van der Waals surface area contributed by atoms with Gasteiger partial charge in [-0.1, -0.05) is 35.5 Å². The van der Waals surface area contributed by atoms with Crippen molar-refractivity contribution in [3.8, 4) is 6.07 Å². The average molecular weight is 465 g/mol. The molecule has 3 rings (SSSR count). The quantitative estimate of drug-likeness (QED) is 0.475. The summed E-state index contributed by atoms with van der Waals surface area (Å²) >= 11 is 1.08. The number of esters is 1. The summed E-state index contributed by atoms with van der Waals surface area (Å²) in [5, 5.41) is 11.3. The summed E-state index contributed by atoms with van der Waals surface area (Å²) in [5.41, 5.74) is 9.96. The van der Waals surface area contributed by atoms with Crippen LogP contribution >= 0.6 is 11.8 Å². The lowest BCUT2D eigenvalue weighted by Gasteiger charge is -2.11. The summed E-state index contributed by atoms with van der Waals surface area (Å²) in [5.74, 6) is -1.09. The number of thioether (sulfide) groups is 1. The molecule has 0 aliphatic carbocycles. The van der Waals surface area contributed by atoms with E-state index in [1.54, 1.807) is 24.3 Å². The van der Waals surface area contributed by atoms with Crippen molar-refractivity contribution in [2.24, 2.45) is 10.7 Å². The minimum absolute atomic E-state index is 0.0471. The average Bonchev–Trinajstić information content (AvgIpc) is 3.12. The topological polar surface area (TPSA) is 127 Å². The smallest absolute Gasteiger partial charge is 0.342 e. The molecule has 170 valence electrons. The van der Waals surface area contributed by atoms with Crippen molar-refractivity contribution in [2.75, 3.05) is 25.6 Å². The van der Waals surface area contributed by atoms with Crippen LogP contribution in [-0.2, 0) is 19.1 Å². The van der Waals surface area contributed by atoms with E-state index in [2.05, 4.69) is 10.3 Å². The molecule has 9 heteroatoms. The number of anilines is 1. The van der Waals surface area contributed by atoms with E-state index in [0.717, 1.165) is 22.9 Å². The number of aryl methyl sites for hydroxylation is 2. The molecule has 33 heavy (non-hydrogen) atoms. The van der Waals surface area contributed by atoms with Crippen LogP contribution < -0.4 is 11.1 Å². The van der Waals surface area contributed by atoms with E-state index in [-0.39, 0.29) is 24.5 Å². The SMILES string of the molecule is COCCOC(=O)C1=C(N)[C@@H](C(=O)Nc2cccc(C#N)c2)SC1=Nc1ccc(C)cc1C. The molecule has 8 nitrogen and oxygen atoms in total. The summed E-state index contributed by atoms with van der Waals surface area (Å²) < 4.78 is 10.2. The second-order valence-electron chi connectivity index (χ2n) is 7.35. The Hall–Kier alpha value is -3.61. The molecule has 0 spiro atoms. The first-order valence-corrected chi connectivity index (χ1v) is 11.0. The lowest BCUT2D eigenvalue weighted by molar-refractivity contribution is -0.139. The minimum Gasteiger partial charge on any atom is -0.460 e. The van der Waals surface area contributed by atoms with Crippen LogP contribution in [0.1, 0.15) is 16.7 Å². The number of amides is 1. The Balaban J connectivity index is 1.93. The highest BCUT2D eigenvalue weighted by atomic mass is 32.2. The van der Waals surface area contributed by atoms with Crippen molar-refractivity contribution >= 4 is 40.1 Å². The molecule has 1 amide bonds. The number of hydrogen-bond donors (Lipinski definition) is 2. The van der Waals surface area contributed by atoms with Gasteiger partial charge in [-0.05, 0) is 43.7 Å². The third kappa shape index (κ3) is 5.80. The van der Waals surface area contributed by atoms with Crippen LogP contribution in [-0.4, -0.2) is 42.5 Å². The molecule has 1 aliphatic rings. The molecular formula is C24H24N4O4S. The van der Waals surface area contributed by atoms with E-state index < -0.39 is 17.1 Å². The van der Waals surface area contributed by atoms with Gasteiger partial charge in [0.2, 0.25) is 5.91 Å². The second kappa shape index (κ2) is 10.8. The van der Waals surface area contributed by atoms with Gasteiger partial charge in [0.15, 0.2) is 0 Å². The molecule has 0 fully saturated rings. The molecule has 3 N–H and O–H groups in total. The Morgan fingerprint density at radius 3 is 2.70 bits per heavy atom. The fourth-order valence-electron chi connectivity index (χ4n) is 3.18. The largest absolute Gasteiger partial charge is 0.460 e. The third-order valence-corrected chi connectivity index (χ3v) is 6.03. The molecule has 0 saturated heterocycles. The van der Waals surface area contributed by atoms with Gasteiger partial charge in [0.1, 0.15) is 22.5 Å². The van der Waals surface area contributed by atoms with Crippen LogP contribution in [0, 0.1) is 25.2 Å². The van der Waals surface area contributed by atoms with Crippen molar-refractivity contribution in [3.05, 3.63) is 70.4 Å². The molecule has 2 aromatic rings. The van der Waals surface area contributed by atoms with Gasteiger partial charge in [-0.15, -0.1) is 0 Å². The molecule has 0 saturated carbocycles. The molecule has 1 atom stereocenters. The molecule has 1 aliphatic heterocycles. The van der Waals surface area contributed by atoms with E-state index in [1.165, 1.54) is 7.11 Å². The van der Waals surface area contributed by atoms with E-state index >= 15 is 0 Å². The maximum Gasteiger partial charge on any atom is 0.342 e. The second-order valence-corrected chi connectivity index (χ2v) is 8.44. The number of benzene rings is 2. The monoisotopic (exact) mass is 464 g/mol. The number of carbonyl (C=O) groups excluding carboxylic acids is 2. The van der Waals surface area contributed by atoms with E-state index in [1.807, 2.05) is 38.1 Å². The maximum absolute atomic E-state index is 13.0. The summed E-state index contributed by atoms with van der Waals surface area (Å²) in [7, 11) is 1.50. The highest BCUT2D eigenvalue weighted by Crippen LogP contribution is 2.36. The highest BCUT2D eigenvalue weighted by molar-refractivity contribution is 8.16. The minimum atomic E-state index is -0.884. The van der Waals surface area contributed by atoms with E-state index in [9.17, 15) is 9.59 Å². The number of hydrogen-bond acceptors (Lipinski definition) is 8. The number of carbonyl (C=O) groups is 2. The van der Waals surface area contributed by atoms with Crippen molar-refractivity contribution < 1.29 is 19.1 Å². The Morgan fingerprint density at radius 2 is 2.00 bits per heavy atom. The normalized spacial score (nSPS) is 16.5. The van der Waals surface area contributed by atoms with Crippen LogP contribution in [0.5, 0.6) is 0 Å². The van der Waals surface area contributed by atoms with E-state index in [4.69, 9.17) is 20.5 Å². The van der Waals surface area contributed by atoms with Gasteiger partial charge < -0.3 is 20.5 Å². The van der Waals surface area contributed by atoms with Gasteiger partial charge in [0, 0.05) is 18.5 Å². The standard InChI is InChI=1S/C24H24N4O4S/c1-14-7-8-18(15(2)11-14)28-23-19(24(30)32-10-9-31-3)20(26)21(33-23)22(29)27-17-6-4-5-16(12-17)13-25/h4-8,11-12,21H,9-10,26H2,1-3H3,(H,27,29)/t21-/m0/s1. The number of methoxy groups -OCH3 is 1. The van der Waals surface area contributed by atoms with Gasteiger partial charge >= 0.3 is 5.97 Å². The number of rotatable bonds is 7. The first-order valence-electron chi connectivity index (χ1n) is 10.1. The summed E-state index contributed by atoms with van der Waals surface area (Å²) in [4.78, 5) is 30.4. The van der Waals surface area contributed by atoms with Gasteiger partial charge in [-0.3, -0.25) is 4.79 Å². The van der Waals surface area contributed by atoms with Crippen LogP contribution in [0.4, 0.5) is 11.4 Å². The zero-order valence-electron chi connectivity index (χ0n) is 18.5. The zero-order chi connectivity index (χ0) is 24.0. The Labute approximate surface area is 196 Å². The van der Waals surface area contributed by atoms with Crippen molar-refractivity contribution in [1.82, 2.24) is 0 Å². The van der Waals surface area contributed by atoms with Crippen molar-refractivity contribution in [3.63, 3.8) is 0 Å². The maximum atomic E-state index is 13.0. The van der Waals surface area contributed by atoms with Crippen molar-refractivity contribution in [2.45, 2.75) is 19.1 Å². The molecule has 1 heterocycles. The summed E-state index contributed by atoms with van der Waals surface area (Å²) in [6.45, 7) is 4.18. The van der Waals surface area contributed by atoms with Gasteiger partial charge in [-0.25, -0.2) is 9.79 Å². The number of nitrogens with zero attached hydrogens (tertiary/aromatic N) is 2. The molecular weight excluding hydrogens is 440 g/mol. The van der Waals surface area contributed by atoms with Crippen LogP contribution in [0.2, 0.25) is 0 Å². The van der Waals surface area contributed by atoms with Crippen LogP contribution in [0.15, 0.2) is 58.7 Å². The highest BCUT2D eigenvalue weighted by Gasteiger charge is 2.39. The number of nitriles is 1. The van der Waals surface area contributed by atoms with Crippen LogP contribution in [0.25, 0.3) is 0 Å². The Kier molecular flexibility index (Phi) is 7.87. The van der Waals surface area contributed by atoms with E-state index in [0.29, 0.717) is 22.0 Å². The Morgan fingerprint density at radius 1 is 1.21 bits per heavy atom. The van der Waals surface area contributed by atoms with Crippen molar-refractivity contribution in [1.29, 1.82) is 5.26 Å².